The van der Waals surface area contributed by atoms with E-state index in [0.29, 0.717) is 11.3 Å². The number of nitrogens with one attached hydrogen (secondary N) is 2. The molecule has 0 bridgehead atoms. The van der Waals surface area contributed by atoms with Crippen molar-refractivity contribution in [3.63, 3.8) is 0 Å². The molecular formula is C24H30N4O3. The van der Waals surface area contributed by atoms with E-state index in [1.54, 1.807) is 36.2 Å². The predicted molar refractivity (Wildman–Crippen MR) is 123 cm³/mol. The highest BCUT2D eigenvalue weighted by Gasteiger charge is 2.17. The Morgan fingerprint density at radius 3 is 2.26 bits per heavy atom. The van der Waals surface area contributed by atoms with Gasteiger partial charge in [0, 0.05) is 49.7 Å². The van der Waals surface area contributed by atoms with Gasteiger partial charge in [-0.2, -0.15) is 0 Å². The summed E-state index contributed by atoms with van der Waals surface area (Å²) in [6.07, 6.45) is 4.42. The van der Waals surface area contributed by atoms with Crippen molar-refractivity contribution in [1.82, 2.24) is 4.90 Å². The summed E-state index contributed by atoms with van der Waals surface area (Å²) >= 11 is 0. The standard InChI is InChI=1S/C24H30N4O3/c1-18(29)27(2)22-12-10-20(11-13-22)25-17-23(30)26-21-9-7-8-19(16-21)24(31)28-14-5-3-4-6-15-28/h7-13,16,25H,3-6,14-15,17H2,1-2H3,(H,26,30). The van der Waals surface area contributed by atoms with Gasteiger partial charge in [0.1, 0.15) is 0 Å². The van der Waals surface area contributed by atoms with Crippen LogP contribution in [0.25, 0.3) is 0 Å². The van der Waals surface area contributed by atoms with Crippen LogP contribution in [0.15, 0.2) is 48.5 Å². The van der Waals surface area contributed by atoms with Crippen LogP contribution in [0.4, 0.5) is 17.1 Å². The van der Waals surface area contributed by atoms with Gasteiger partial charge in [-0.25, -0.2) is 0 Å². The van der Waals surface area contributed by atoms with Gasteiger partial charge in [0.2, 0.25) is 11.8 Å². The number of hydrogen-bond acceptors (Lipinski definition) is 4. The third-order valence-electron chi connectivity index (χ3n) is 5.47. The first-order chi connectivity index (χ1) is 14.9. The van der Waals surface area contributed by atoms with Gasteiger partial charge in [-0.15, -0.1) is 0 Å². The Hall–Kier alpha value is -3.35. The van der Waals surface area contributed by atoms with E-state index in [1.165, 1.54) is 19.8 Å². The quantitative estimate of drug-likeness (QED) is 0.743. The Kier molecular flexibility index (Phi) is 7.65. The monoisotopic (exact) mass is 422 g/mol. The van der Waals surface area contributed by atoms with Gasteiger partial charge in [0.25, 0.3) is 5.91 Å². The van der Waals surface area contributed by atoms with Crippen molar-refractivity contribution in [3.8, 4) is 0 Å². The SMILES string of the molecule is CC(=O)N(C)c1ccc(NCC(=O)Nc2cccc(C(=O)N3CCCCCC3)c2)cc1. The molecule has 0 atom stereocenters. The van der Waals surface area contributed by atoms with E-state index in [9.17, 15) is 14.4 Å². The van der Waals surface area contributed by atoms with Crippen molar-refractivity contribution in [2.24, 2.45) is 0 Å². The van der Waals surface area contributed by atoms with Crippen LogP contribution >= 0.6 is 0 Å². The molecule has 2 aromatic rings. The normalized spacial score (nSPS) is 13.8. The number of carbonyl (C=O) groups excluding carboxylic acids is 3. The van der Waals surface area contributed by atoms with Crippen LogP contribution in [0.3, 0.4) is 0 Å². The molecule has 1 aliphatic rings. The van der Waals surface area contributed by atoms with Crippen molar-refractivity contribution in [2.45, 2.75) is 32.6 Å². The Balaban J connectivity index is 1.54. The van der Waals surface area contributed by atoms with E-state index in [4.69, 9.17) is 0 Å². The van der Waals surface area contributed by atoms with Crippen LogP contribution in [0.5, 0.6) is 0 Å². The van der Waals surface area contributed by atoms with Crippen LogP contribution < -0.4 is 15.5 Å². The summed E-state index contributed by atoms with van der Waals surface area (Å²) in [6, 6.07) is 14.4. The zero-order chi connectivity index (χ0) is 22.2. The van der Waals surface area contributed by atoms with Crippen molar-refractivity contribution in [3.05, 3.63) is 54.1 Å². The van der Waals surface area contributed by atoms with Gasteiger partial charge >= 0.3 is 0 Å². The smallest absolute Gasteiger partial charge is 0.253 e. The van der Waals surface area contributed by atoms with E-state index in [-0.39, 0.29) is 24.3 Å². The van der Waals surface area contributed by atoms with Gasteiger partial charge in [0.05, 0.1) is 6.54 Å². The maximum absolute atomic E-state index is 12.8. The van der Waals surface area contributed by atoms with E-state index in [0.717, 1.165) is 37.3 Å². The molecule has 0 spiro atoms. The number of amides is 3. The fraction of sp³-hybridized carbons (Fsp3) is 0.375. The minimum Gasteiger partial charge on any atom is -0.376 e. The van der Waals surface area contributed by atoms with Gasteiger partial charge in [-0.1, -0.05) is 18.9 Å². The van der Waals surface area contributed by atoms with Crippen molar-refractivity contribution >= 4 is 34.8 Å². The van der Waals surface area contributed by atoms with Gasteiger partial charge in [-0.05, 0) is 55.3 Å². The van der Waals surface area contributed by atoms with Crippen molar-refractivity contribution in [1.29, 1.82) is 0 Å². The zero-order valence-electron chi connectivity index (χ0n) is 18.2. The highest BCUT2D eigenvalue weighted by Crippen LogP contribution is 2.18. The number of nitrogens with zero attached hydrogens (tertiary/aromatic N) is 2. The largest absolute Gasteiger partial charge is 0.376 e. The fourth-order valence-corrected chi connectivity index (χ4v) is 3.56. The topological polar surface area (TPSA) is 81.8 Å². The van der Waals surface area contributed by atoms with Gasteiger partial charge in [0.15, 0.2) is 0 Å². The number of anilines is 3. The van der Waals surface area contributed by atoms with Gasteiger partial charge < -0.3 is 20.4 Å². The highest BCUT2D eigenvalue weighted by atomic mass is 16.2. The second-order valence-corrected chi connectivity index (χ2v) is 7.81. The molecule has 7 nitrogen and oxygen atoms in total. The number of benzene rings is 2. The van der Waals surface area contributed by atoms with Crippen molar-refractivity contribution in [2.75, 3.05) is 42.2 Å². The number of rotatable bonds is 6. The molecule has 3 rings (SSSR count). The molecule has 3 amide bonds. The number of likely N-dealkylation sites (tertiary alicyclic amines) is 1. The third-order valence-corrected chi connectivity index (χ3v) is 5.47. The van der Waals surface area contributed by atoms with Crippen LogP contribution in [0, 0.1) is 0 Å². The Morgan fingerprint density at radius 1 is 0.935 bits per heavy atom. The Labute approximate surface area is 183 Å². The van der Waals surface area contributed by atoms with E-state index < -0.39 is 0 Å². The minimum absolute atomic E-state index is 0.0201. The molecule has 31 heavy (non-hydrogen) atoms. The molecule has 0 aromatic heterocycles. The average Bonchev–Trinajstić information content (AvgIpc) is 3.07. The number of hydrogen-bond donors (Lipinski definition) is 2. The molecular weight excluding hydrogens is 392 g/mol. The predicted octanol–water partition coefficient (Wildman–Crippen LogP) is 3.74. The molecule has 0 radical (unpaired) electrons. The lowest BCUT2D eigenvalue weighted by molar-refractivity contribution is -0.116. The maximum Gasteiger partial charge on any atom is 0.253 e. The highest BCUT2D eigenvalue weighted by molar-refractivity contribution is 5.98. The summed E-state index contributed by atoms with van der Waals surface area (Å²) in [5.41, 5.74) is 2.76. The first-order valence-electron chi connectivity index (χ1n) is 10.7. The van der Waals surface area contributed by atoms with Crippen LogP contribution in [-0.4, -0.2) is 49.3 Å². The average molecular weight is 423 g/mol. The molecule has 1 saturated heterocycles. The summed E-state index contributed by atoms with van der Waals surface area (Å²) < 4.78 is 0. The summed E-state index contributed by atoms with van der Waals surface area (Å²) in [7, 11) is 1.71. The first kappa shape index (κ1) is 22.3. The van der Waals surface area contributed by atoms with E-state index >= 15 is 0 Å². The lowest BCUT2D eigenvalue weighted by Gasteiger charge is -2.20. The lowest BCUT2D eigenvalue weighted by atomic mass is 10.1. The molecule has 7 heteroatoms. The molecule has 0 aliphatic carbocycles. The second kappa shape index (κ2) is 10.6. The van der Waals surface area contributed by atoms with Crippen LogP contribution in [0.2, 0.25) is 0 Å². The summed E-state index contributed by atoms with van der Waals surface area (Å²) in [5.74, 6) is -0.229. The van der Waals surface area contributed by atoms with Gasteiger partial charge in [-0.3, -0.25) is 14.4 Å². The molecule has 0 saturated carbocycles. The van der Waals surface area contributed by atoms with Crippen LogP contribution in [0.1, 0.15) is 43.0 Å². The minimum atomic E-state index is -0.204. The number of carbonyl (C=O) groups is 3. The molecule has 2 aromatic carbocycles. The summed E-state index contributed by atoms with van der Waals surface area (Å²) in [4.78, 5) is 40.0. The molecule has 164 valence electrons. The van der Waals surface area contributed by atoms with Crippen LogP contribution in [-0.2, 0) is 9.59 Å². The first-order valence-corrected chi connectivity index (χ1v) is 10.7. The van der Waals surface area contributed by atoms with E-state index in [1.807, 2.05) is 29.2 Å². The van der Waals surface area contributed by atoms with E-state index in [2.05, 4.69) is 10.6 Å². The summed E-state index contributed by atoms with van der Waals surface area (Å²) in [6.45, 7) is 3.18. The lowest BCUT2D eigenvalue weighted by Crippen LogP contribution is -2.31. The Bertz CT molecular complexity index is 919. The maximum atomic E-state index is 12.8. The molecule has 1 fully saturated rings. The molecule has 0 unspecified atom stereocenters. The fourth-order valence-electron chi connectivity index (χ4n) is 3.56. The second-order valence-electron chi connectivity index (χ2n) is 7.81. The van der Waals surface area contributed by atoms with Crippen molar-refractivity contribution < 1.29 is 14.4 Å². The molecule has 1 heterocycles. The summed E-state index contributed by atoms with van der Waals surface area (Å²) in [5, 5.41) is 5.91. The third kappa shape index (κ3) is 6.31. The Morgan fingerprint density at radius 2 is 1.61 bits per heavy atom. The zero-order valence-corrected chi connectivity index (χ0v) is 18.2. The molecule has 2 N–H and O–H groups in total. The molecule has 1 aliphatic heterocycles.